The van der Waals surface area contributed by atoms with Gasteiger partial charge < -0.3 is 4.74 Å². The number of nitrogens with zero attached hydrogens (tertiary/aromatic N) is 2. The number of nitrogens with one attached hydrogen (secondary N) is 1. The summed E-state index contributed by atoms with van der Waals surface area (Å²) in [6.07, 6.45) is -3.61. The minimum atomic E-state index is -4.62. The topological polar surface area (TPSA) is 73.2 Å². The van der Waals surface area contributed by atoms with E-state index in [-0.39, 0.29) is 5.69 Å². The van der Waals surface area contributed by atoms with Gasteiger partial charge in [0, 0.05) is 11.3 Å². The third kappa shape index (κ3) is 5.23. The molecule has 0 aliphatic rings. The van der Waals surface area contributed by atoms with Crippen LogP contribution >= 0.6 is 0 Å². The largest absolute Gasteiger partial charge is 0.497 e. The van der Waals surface area contributed by atoms with Gasteiger partial charge in [0.15, 0.2) is 5.69 Å². The predicted octanol–water partition coefficient (Wildman–Crippen LogP) is 5.61. The molecule has 176 valence electrons. The molecule has 1 N–H and O–H groups in total. The number of hydrogen-bond acceptors (Lipinski definition) is 4. The number of alkyl halides is 3. The number of aromatic nitrogens is 2. The van der Waals surface area contributed by atoms with Gasteiger partial charge in [-0.15, -0.1) is 0 Å². The summed E-state index contributed by atoms with van der Waals surface area (Å²) in [7, 11) is -1.90. The van der Waals surface area contributed by atoms with Crippen molar-refractivity contribution >= 4 is 15.7 Å². The highest BCUT2D eigenvalue weighted by atomic mass is 32.2. The Morgan fingerprint density at radius 1 is 0.853 bits per heavy atom. The van der Waals surface area contributed by atoms with Gasteiger partial charge in [-0.3, -0.25) is 4.72 Å². The maximum absolute atomic E-state index is 13.4. The van der Waals surface area contributed by atoms with E-state index in [4.69, 9.17) is 4.74 Å². The maximum atomic E-state index is 13.4. The molecule has 10 heteroatoms. The standard InChI is InChI=1S/C24H20F3N3O3S/c1-33-21-13-7-17(8-14-21)16-3-5-18(6-4-16)22-15-23(24(25,26)27)28-30(22)20-11-9-19(10-12-20)29-34(2,31)32/h3-15,29H,1-2H3. The van der Waals surface area contributed by atoms with Crippen LogP contribution in [0.5, 0.6) is 5.75 Å². The fourth-order valence-electron chi connectivity index (χ4n) is 3.42. The molecule has 34 heavy (non-hydrogen) atoms. The molecule has 0 saturated carbocycles. The van der Waals surface area contributed by atoms with Crippen LogP contribution in [0.4, 0.5) is 18.9 Å². The Morgan fingerprint density at radius 2 is 1.38 bits per heavy atom. The van der Waals surface area contributed by atoms with E-state index in [1.165, 1.54) is 28.9 Å². The van der Waals surface area contributed by atoms with Crippen LogP contribution in [0.15, 0.2) is 78.9 Å². The Bertz CT molecular complexity index is 1400. The van der Waals surface area contributed by atoms with Gasteiger partial charge in [-0.05, 0) is 53.6 Å². The zero-order valence-electron chi connectivity index (χ0n) is 18.2. The SMILES string of the molecule is COc1ccc(-c2ccc(-c3cc(C(F)(F)F)nn3-c3ccc(NS(C)(=O)=O)cc3)cc2)cc1. The van der Waals surface area contributed by atoms with Crippen molar-refractivity contribution in [3.8, 4) is 33.8 Å². The van der Waals surface area contributed by atoms with Gasteiger partial charge in [0.1, 0.15) is 5.75 Å². The smallest absolute Gasteiger partial charge is 0.435 e. The lowest BCUT2D eigenvalue weighted by Gasteiger charge is -2.10. The summed E-state index contributed by atoms with van der Waals surface area (Å²) in [6.45, 7) is 0. The van der Waals surface area contributed by atoms with Crippen LogP contribution in [0.3, 0.4) is 0 Å². The summed E-state index contributed by atoms with van der Waals surface area (Å²) < 4.78 is 71.8. The maximum Gasteiger partial charge on any atom is 0.435 e. The number of anilines is 1. The van der Waals surface area contributed by atoms with Crippen molar-refractivity contribution in [2.75, 3.05) is 18.1 Å². The second-order valence-electron chi connectivity index (χ2n) is 7.55. The van der Waals surface area contributed by atoms with E-state index in [1.807, 2.05) is 36.4 Å². The van der Waals surface area contributed by atoms with Gasteiger partial charge in [-0.2, -0.15) is 18.3 Å². The van der Waals surface area contributed by atoms with E-state index in [0.717, 1.165) is 29.2 Å². The Morgan fingerprint density at radius 3 is 1.88 bits per heavy atom. The number of rotatable bonds is 6. The summed E-state index contributed by atoms with van der Waals surface area (Å²) in [5.41, 5.74) is 2.23. The summed E-state index contributed by atoms with van der Waals surface area (Å²) in [5, 5.41) is 3.77. The van der Waals surface area contributed by atoms with Crippen LogP contribution in [-0.4, -0.2) is 31.6 Å². The number of sulfonamides is 1. The first kappa shape index (κ1) is 23.4. The van der Waals surface area contributed by atoms with Crippen molar-refractivity contribution in [3.63, 3.8) is 0 Å². The van der Waals surface area contributed by atoms with Crippen molar-refractivity contribution in [1.29, 1.82) is 0 Å². The lowest BCUT2D eigenvalue weighted by molar-refractivity contribution is -0.141. The van der Waals surface area contributed by atoms with Gasteiger partial charge >= 0.3 is 6.18 Å². The van der Waals surface area contributed by atoms with E-state index >= 15 is 0 Å². The molecule has 0 unspecified atom stereocenters. The number of ether oxygens (including phenoxy) is 1. The molecule has 4 aromatic rings. The Balaban J connectivity index is 1.72. The van der Waals surface area contributed by atoms with Crippen LogP contribution in [0.2, 0.25) is 0 Å². The average molecular weight is 488 g/mol. The minimum absolute atomic E-state index is 0.248. The number of halogens is 3. The molecule has 0 bridgehead atoms. The fraction of sp³-hybridized carbons (Fsp3) is 0.125. The van der Waals surface area contributed by atoms with Gasteiger partial charge in [0.05, 0.1) is 24.7 Å². The van der Waals surface area contributed by atoms with Gasteiger partial charge in [-0.1, -0.05) is 36.4 Å². The van der Waals surface area contributed by atoms with Crippen LogP contribution in [0.1, 0.15) is 5.69 Å². The molecule has 1 aromatic heterocycles. The quantitative estimate of drug-likeness (QED) is 0.384. The lowest BCUT2D eigenvalue weighted by atomic mass is 10.0. The Kier molecular flexibility index (Phi) is 6.09. The molecule has 0 amide bonds. The first-order valence-corrected chi connectivity index (χ1v) is 11.9. The molecule has 4 rings (SSSR count). The first-order chi connectivity index (χ1) is 16.0. The highest BCUT2D eigenvalue weighted by Gasteiger charge is 2.35. The van der Waals surface area contributed by atoms with E-state index in [1.54, 1.807) is 19.2 Å². The minimum Gasteiger partial charge on any atom is -0.497 e. The van der Waals surface area contributed by atoms with Crippen molar-refractivity contribution < 1.29 is 26.3 Å². The van der Waals surface area contributed by atoms with Gasteiger partial charge in [0.2, 0.25) is 10.0 Å². The molecule has 0 aliphatic carbocycles. The Labute approximate surface area is 194 Å². The van der Waals surface area contributed by atoms with E-state index in [0.29, 0.717) is 16.9 Å². The lowest BCUT2D eigenvalue weighted by Crippen LogP contribution is -2.10. The summed E-state index contributed by atoms with van der Waals surface area (Å²) in [5.74, 6) is 0.724. The van der Waals surface area contributed by atoms with Crippen LogP contribution < -0.4 is 9.46 Å². The monoisotopic (exact) mass is 487 g/mol. The zero-order chi connectivity index (χ0) is 24.5. The van der Waals surface area contributed by atoms with Gasteiger partial charge in [-0.25, -0.2) is 13.1 Å². The molecule has 1 heterocycles. The molecular formula is C24H20F3N3O3S. The molecule has 6 nitrogen and oxygen atoms in total. The highest BCUT2D eigenvalue weighted by Crippen LogP contribution is 2.34. The Hall–Kier alpha value is -3.79. The van der Waals surface area contributed by atoms with Crippen LogP contribution in [0, 0.1) is 0 Å². The number of hydrogen-bond donors (Lipinski definition) is 1. The zero-order valence-corrected chi connectivity index (χ0v) is 19.0. The van der Waals surface area contributed by atoms with Crippen molar-refractivity contribution in [1.82, 2.24) is 9.78 Å². The van der Waals surface area contributed by atoms with Crippen molar-refractivity contribution in [2.45, 2.75) is 6.18 Å². The summed E-state index contributed by atoms with van der Waals surface area (Å²) in [4.78, 5) is 0. The molecule has 0 saturated heterocycles. The molecule has 0 atom stereocenters. The molecule has 0 spiro atoms. The summed E-state index contributed by atoms with van der Waals surface area (Å²) in [6, 6.07) is 21.5. The van der Waals surface area contributed by atoms with Crippen LogP contribution in [-0.2, 0) is 16.2 Å². The van der Waals surface area contributed by atoms with Crippen molar-refractivity contribution in [2.24, 2.45) is 0 Å². The summed E-state index contributed by atoms with van der Waals surface area (Å²) >= 11 is 0. The second kappa shape index (κ2) is 8.86. The molecule has 0 aliphatic heterocycles. The average Bonchev–Trinajstić information content (AvgIpc) is 3.25. The third-order valence-electron chi connectivity index (χ3n) is 5.02. The van der Waals surface area contributed by atoms with E-state index in [9.17, 15) is 21.6 Å². The van der Waals surface area contributed by atoms with E-state index in [2.05, 4.69) is 9.82 Å². The van der Waals surface area contributed by atoms with E-state index < -0.39 is 21.9 Å². The third-order valence-corrected chi connectivity index (χ3v) is 5.63. The highest BCUT2D eigenvalue weighted by molar-refractivity contribution is 7.92. The molecule has 0 radical (unpaired) electrons. The normalized spacial score (nSPS) is 11.9. The van der Waals surface area contributed by atoms with Crippen molar-refractivity contribution in [3.05, 3.63) is 84.6 Å². The molecule has 0 fully saturated rings. The second-order valence-corrected chi connectivity index (χ2v) is 9.30. The number of methoxy groups -OCH3 is 1. The molecule has 3 aromatic carbocycles. The first-order valence-electron chi connectivity index (χ1n) is 10.0. The van der Waals surface area contributed by atoms with Crippen LogP contribution in [0.25, 0.3) is 28.1 Å². The molecular weight excluding hydrogens is 467 g/mol. The number of benzene rings is 3. The van der Waals surface area contributed by atoms with Gasteiger partial charge in [0.25, 0.3) is 0 Å². The fourth-order valence-corrected chi connectivity index (χ4v) is 3.99. The predicted molar refractivity (Wildman–Crippen MR) is 124 cm³/mol.